The second kappa shape index (κ2) is 8.73. The van der Waals surface area contributed by atoms with E-state index in [1.165, 1.54) is 12.1 Å². The topological polar surface area (TPSA) is 41.6 Å². The van der Waals surface area contributed by atoms with Gasteiger partial charge in [0.25, 0.3) is 0 Å². The molecule has 1 atom stereocenters. The minimum atomic E-state index is -0.241. The predicted octanol–water partition coefficient (Wildman–Crippen LogP) is 2.44. The molecule has 1 fully saturated rings. The second-order valence-corrected chi connectivity index (χ2v) is 5.90. The number of likely N-dealkylation sites (tertiary alicyclic amines) is 1. The summed E-state index contributed by atoms with van der Waals surface area (Å²) in [6, 6.07) is 6.13. The first kappa shape index (κ1) is 16.7. The molecule has 0 aromatic heterocycles. The first-order valence-corrected chi connectivity index (χ1v) is 7.98. The van der Waals surface area contributed by atoms with Gasteiger partial charge in [0.1, 0.15) is 11.6 Å². The van der Waals surface area contributed by atoms with E-state index in [0.29, 0.717) is 12.5 Å². The molecule has 0 radical (unpaired) electrons. The van der Waals surface area contributed by atoms with Crippen molar-refractivity contribution in [1.82, 2.24) is 10.2 Å². The Kier molecular flexibility index (Phi) is 6.65. The highest BCUT2D eigenvalue weighted by Crippen LogP contribution is 2.16. The number of carbonyl (C=O) groups excluding carboxylic acids is 1. The molecule has 1 aromatic rings. The van der Waals surface area contributed by atoms with Gasteiger partial charge in [-0.05, 0) is 62.5 Å². The maximum atomic E-state index is 12.7. The van der Waals surface area contributed by atoms with E-state index in [9.17, 15) is 9.18 Å². The summed E-state index contributed by atoms with van der Waals surface area (Å²) >= 11 is 0. The summed E-state index contributed by atoms with van der Waals surface area (Å²) in [7, 11) is 0. The molecule has 0 aliphatic carbocycles. The number of ether oxygens (including phenoxy) is 1. The molecular formula is C17H25FN2O2. The number of hydrogen-bond donors (Lipinski definition) is 1. The van der Waals surface area contributed by atoms with Crippen molar-refractivity contribution in [3.8, 4) is 5.75 Å². The minimum Gasteiger partial charge on any atom is -0.494 e. The lowest BCUT2D eigenvalue weighted by atomic mass is 10.1. The number of unbranched alkanes of at least 4 members (excludes halogenated alkanes) is 1. The van der Waals surface area contributed by atoms with Gasteiger partial charge in [0.05, 0.1) is 6.61 Å². The van der Waals surface area contributed by atoms with Crippen molar-refractivity contribution in [1.29, 1.82) is 0 Å². The van der Waals surface area contributed by atoms with Crippen LogP contribution >= 0.6 is 0 Å². The van der Waals surface area contributed by atoms with Crippen LogP contribution in [0.2, 0.25) is 0 Å². The summed E-state index contributed by atoms with van der Waals surface area (Å²) < 4.78 is 18.3. The van der Waals surface area contributed by atoms with Crippen LogP contribution in [0.3, 0.4) is 0 Å². The fourth-order valence-electron chi connectivity index (χ4n) is 2.73. The van der Waals surface area contributed by atoms with Gasteiger partial charge < -0.3 is 15.0 Å². The monoisotopic (exact) mass is 308 g/mol. The van der Waals surface area contributed by atoms with Crippen LogP contribution in [0.1, 0.15) is 26.2 Å². The molecular weight excluding hydrogens is 283 g/mol. The number of carbonyl (C=O) groups is 1. The van der Waals surface area contributed by atoms with Crippen molar-refractivity contribution in [3.63, 3.8) is 0 Å². The van der Waals surface area contributed by atoms with Gasteiger partial charge in [0.2, 0.25) is 5.91 Å². The van der Waals surface area contributed by atoms with Gasteiger partial charge in [-0.3, -0.25) is 4.79 Å². The maximum absolute atomic E-state index is 12.7. The SMILES string of the molecule is CC(=O)NCC1CCN(CCCCOc2ccc(F)cc2)C1. The molecule has 1 aliphatic heterocycles. The van der Waals surface area contributed by atoms with Crippen molar-refractivity contribution in [2.75, 3.05) is 32.8 Å². The normalized spacial score (nSPS) is 18.4. The summed E-state index contributed by atoms with van der Waals surface area (Å²) in [5.74, 6) is 1.11. The number of nitrogens with one attached hydrogen (secondary N) is 1. The standard InChI is InChI=1S/C17H25FN2O2/c1-14(21)19-12-15-8-10-20(13-15)9-2-3-11-22-17-6-4-16(18)5-7-17/h4-7,15H,2-3,8-13H2,1H3,(H,19,21). The molecule has 1 heterocycles. The Balaban J connectivity index is 1.52. The molecule has 1 unspecified atom stereocenters. The number of nitrogens with zero attached hydrogens (tertiary/aromatic N) is 1. The lowest BCUT2D eigenvalue weighted by Crippen LogP contribution is -2.29. The van der Waals surface area contributed by atoms with Gasteiger partial charge in [0, 0.05) is 20.0 Å². The van der Waals surface area contributed by atoms with Crippen LogP contribution in [0.25, 0.3) is 0 Å². The van der Waals surface area contributed by atoms with E-state index in [0.717, 1.165) is 51.2 Å². The van der Waals surface area contributed by atoms with Crippen LogP contribution in [0.5, 0.6) is 5.75 Å². The first-order valence-electron chi connectivity index (χ1n) is 7.98. The van der Waals surface area contributed by atoms with Gasteiger partial charge in [-0.25, -0.2) is 4.39 Å². The summed E-state index contributed by atoms with van der Waals surface area (Å²) in [6.07, 6.45) is 3.24. The van der Waals surface area contributed by atoms with Crippen LogP contribution in [0.4, 0.5) is 4.39 Å². The summed E-state index contributed by atoms with van der Waals surface area (Å²) in [6.45, 7) is 6.27. The largest absolute Gasteiger partial charge is 0.494 e. The van der Waals surface area contributed by atoms with Crippen LogP contribution in [0.15, 0.2) is 24.3 Å². The highest BCUT2D eigenvalue weighted by atomic mass is 19.1. The summed E-state index contributed by atoms with van der Waals surface area (Å²) in [5.41, 5.74) is 0. The highest BCUT2D eigenvalue weighted by molar-refractivity contribution is 5.72. The molecule has 1 aliphatic rings. The van der Waals surface area contributed by atoms with Crippen LogP contribution in [-0.4, -0.2) is 43.6 Å². The average Bonchev–Trinajstić information content (AvgIpc) is 2.95. The number of rotatable bonds is 8. The summed E-state index contributed by atoms with van der Waals surface area (Å²) in [5, 5.41) is 2.89. The van der Waals surface area contributed by atoms with Crippen molar-refractivity contribution in [3.05, 3.63) is 30.1 Å². The van der Waals surface area contributed by atoms with Crippen LogP contribution in [-0.2, 0) is 4.79 Å². The first-order chi connectivity index (χ1) is 10.6. The Bertz CT molecular complexity index is 464. The summed E-state index contributed by atoms with van der Waals surface area (Å²) in [4.78, 5) is 13.4. The molecule has 22 heavy (non-hydrogen) atoms. The smallest absolute Gasteiger partial charge is 0.216 e. The average molecular weight is 308 g/mol. The molecule has 2 rings (SSSR count). The third kappa shape index (κ3) is 6.02. The molecule has 122 valence electrons. The predicted molar refractivity (Wildman–Crippen MR) is 84.4 cm³/mol. The lowest BCUT2D eigenvalue weighted by Gasteiger charge is -2.16. The van der Waals surface area contributed by atoms with Gasteiger partial charge in [0.15, 0.2) is 0 Å². The van der Waals surface area contributed by atoms with E-state index >= 15 is 0 Å². The van der Waals surface area contributed by atoms with E-state index in [1.54, 1.807) is 19.1 Å². The van der Waals surface area contributed by atoms with E-state index < -0.39 is 0 Å². The molecule has 4 nitrogen and oxygen atoms in total. The zero-order valence-corrected chi connectivity index (χ0v) is 13.2. The second-order valence-electron chi connectivity index (χ2n) is 5.90. The molecule has 0 saturated carbocycles. The molecule has 0 bridgehead atoms. The van der Waals surface area contributed by atoms with Crippen LogP contribution in [0, 0.1) is 11.7 Å². The Morgan fingerprint density at radius 3 is 2.86 bits per heavy atom. The van der Waals surface area contributed by atoms with Gasteiger partial charge in [-0.1, -0.05) is 0 Å². The zero-order valence-electron chi connectivity index (χ0n) is 13.2. The Labute approximate surface area is 131 Å². The Morgan fingerprint density at radius 1 is 1.36 bits per heavy atom. The number of amides is 1. The zero-order chi connectivity index (χ0) is 15.8. The minimum absolute atomic E-state index is 0.0522. The third-order valence-electron chi connectivity index (χ3n) is 3.96. The number of benzene rings is 1. The number of hydrogen-bond acceptors (Lipinski definition) is 3. The van der Waals surface area contributed by atoms with Gasteiger partial charge in [-0.2, -0.15) is 0 Å². The van der Waals surface area contributed by atoms with E-state index in [-0.39, 0.29) is 11.7 Å². The fraction of sp³-hybridized carbons (Fsp3) is 0.588. The highest BCUT2D eigenvalue weighted by Gasteiger charge is 2.21. The molecule has 1 amide bonds. The van der Waals surface area contributed by atoms with E-state index in [1.807, 2.05) is 0 Å². The molecule has 1 aromatic carbocycles. The molecule has 5 heteroatoms. The molecule has 0 spiro atoms. The van der Waals surface area contributed by atoms with Crippen molar-refractivity contribution < 1.29 is 13.9 Å². The van der Waals surface area contributed by atoms with Crippen molar-refractivity contribution in [2.24, 2.45) is 5.92 Å². The molecule has 1 N–H and O–H groups in total. The third-order valence-corrected chi connectivity index (χ3v) is 3.96. The molecule has 1 saturated heterocycles. The Morgan fingerprint density at radius 2 is 2.14 bits per heavy atom. The maximum Gasteiger partial charge on any atom is 0.216 e. The van der Waals surface area contributed by atoms with Gasteiger partial charge >= 0.3 is 0 Å². The quantitative estimate of drug-likeness (QED) is 0.750. The number of halogens is 1. The van der Waals surface area contributed by atoms with E-state index in [4.69, 9.17) is 4.74 Å². The lowest BCUT2D eigenvalue weighted by molar-refractivity contribution is -0.119. The van der Waals surface area contributed by atoms with Crippen molar-refractivity contribution in [2.45, 2.75) is 26.2 Å². The van der Waals surface area contributed by atoms with Gasteiger partial charge in [-0.15, -0.1) is 0 Å². The van der Waals surface area contributed by atoms with Crippen molar-refractivity contribution >= 4 is 5.91 Å². The van der Waals surface area contributed by atoms with E-state index in [2.05, 4.69) is 10.2 Å². The van der Waals surface area contributed by atoms with Crippen LogP contribution < -0.4 is 10.1 Å². The Hall–Kier alpha value is -1.62. The fourth-order valence-corrected chi connectivity index (χ4v) is 2.73.